The molecule has 0 unspecified atom stereocenters. The van der Waals surface area contributed by atoms with Gasteiger partial charge in [0.05, 0.1) is 0 Å². The molecule has 2 N–H and O–H groups in total. The second-order valence-corrected chi connectivity index (χ2v) is 15.8. The van der Waals surface area contributed by atoms with Gasteiger partial charge in [-0.05, 0) is 0 Å². The molecule has 0 radical (unpaired) electrons. The Hall–Kier alpha value is -4.47. The van der Waals surface area contributed by atoms with Crippen molar-refractivity contribution in [3.63, 3.8) is 0 Å². The van der Waals surface area contributed by atoms with E-state index in [1.54, 1.807) is 0 Å². The summed E-state index contributed by atoms with van der Waals surface area (Å²) in [6, 6.07) is 29.9. The van der Waals surface area contributed by atoms with Gasteiger partial charge in [0.25, 0.3) is 0 Å². The van der Waals surface area contributed by atoms with E-state index in [0.29, 0.717) is 45.9 Å². The third-order valence-electron chi connectivity index (χ3n) is 7.78. The molecule has 0 saturated carbocycles. The first kappa shape index (κ1) is 25.1. The summed E-state index contributed by atoms with van der Waals surface area (Å²) in [5.41, 5.74) is 6.07. The molecular formula is C32H17Cl2N8Ti. The second-order valence-electron chi connectivity index (χ2n) is 10.2. The van der Waals surface area contributed by atoms with E-state index < -0.39 is 15.7 Å². The monoisotopic (exact) mass is 631 g/mol. The summed E-state index contributed by atoms with van der Waals surface area (Å²) < 4.78 is 0.886. The summed E-state index contributed by atoms with van der Waals surface area (Å²) in [5, 5.41) is 3.57. The molecule has 4 aromatic carbocycles. The molecule has 5 heterocycles. The van der Waals surface area contributed by atoms with Crippen LogP contribution < -0.4 is 3.87 Å². The van der Waals surface area contributed by atoms with Gasteiger partial charge in [-0.1, -0.05) is 6.07 Å². The average Bonchev–Trinajstić information content (AvgIpc) is 3.76. The van der Waals surface area contributed by atoms with E-state index >= 15 is 0 Å². The summed E-state index contributed by atoms with van der Waals surface area (Å²) in [5.74, 6) is 2.21. The Kier molecular flexibility index (Phi) is 5.55. The van der Waals surface area contributed by atoms with Crippen LogP contribution in [0.25, 0.3) is 89.7 Å². The van der Waals surface area contributed by atoms with Crippen molar-refractivity contribution in [1.82, 2.24) is 39.9 Å². The molecule has 0 saturated heterocycles. The molecule has 2 aliphatic rings. The topological polar surface area (TPSA) is 109 Å². The molecule has 0 fully saturated rings. The molecule has 2 aliphatic heterocycles. The van der Waals surface area contributed by atoms with Gasteiger partial charge >= 0.3 is 253 Å². The van der Waals surface area contributed by atoms with Gasteiger partial charge in [0.15, 0.2) is 0 Å². The zero-order valence-corrected chi connectivity index (χ0v) is 25.2. The predicted octanol–water partition coefficient (Wildman–Crippen LogP) is 7.42. The number of nitrogens with one attached hydrogen (secondary N) is 2. The number of aromatic nitrogens is 8. The molecule has 203 valence electrons. The molecule has 0 spiro atoms. The van der Waals surface area contributed by atoms with Crippen molar-refractivity contribution in [2.75, 3.05) is 0 Å². The molecule has 3 aromatic heterocycles. The van der Waals surface area contributed by atoms with Crippen LogP contribution in [0.3, 0.4) is 0 Å². The van der Waals surface area contributed by atoms with Crippen molar-refractivity contribution < 1.29 is 15.7 Å². The standard InChI is InChI=1S/C32H17N8.2ClH.Ti/c1-2-10-18-17(9-1)25-33-26(18)38-28-21-13-5-6-14-22(21)30(35-28)40-32-24-16-8-7-15-23(24)31(36-32)39-29-20-12-4-3-11-19(20)27(34-29)37-25;;;/h1-15H,(H2,33,34,35,36,37,38,39,40);2*1H;/q;;;+2/p-2. The van der Waals surface area contributed by atoms with Crippen molar-refractivity contribution in [2.45, 2.75) is 0 Å². The number of hydrogen-bond acceptors (Lipinski definition) is 6. The number of halogens is 2. The summed E-state index contributed by atoms with van der Waals surface area (Å²) in [6.07, 6.45) is 0. The van der Waals surface area contributed by atoms with Gasteiger partial charge in [-0.15, -0.1) is 0 Å². The van der Waals surface area contributed by atoms with Crippen molar-refractivity contribution in [1.29, 1.82) is 0 Å². The van der Waals surface area contributed by atoms with Crippen molar-refractivity contribution in [3.05, 3.63) is 91.0 Å². The zero-order chi connectivity index (χ0) is 28.7. The third-order valence-corrected chi connectivity index (χ3v) is 10.7. The first-order valence-corrected chi connectivity index (χ1v) is 18.6. The van der Waals surface area contributed by atoms with E-state index in [2.05, 4.69) is 9.97 Å². The quantitative estimate of drug-likeness (QED) is 0.183. The normalized spacial score (nSPS) is 12.0. The molecule has 8 bridgehead atoms. The van der Waals surface area contributed by atoms with E-state index in [4.69, 9.17) is 48.5 Å². The maximum absolute atomic E-state index is 6.63. The number of rotatable bonds is 1. The van der Waals surface area contributed by atoms with Gasteiger partial charge in [0.1, 0.15) is 0 Å². The van der Waals surface area contributed by atoms with Crippen molar-refractivity contribution in [2.24, 2.45) is 0 Å². The first-order valence-electron chi connectivity index (χ1n) is 13.5. The Bertz CT molecular complexity index is 2460. The van der Waals surface area contributed by atoms with Gasteiger partial charge in [-0.2, -0.15) is 0 Å². The van der Waals surface area contributed by atoms with Gasteiger partial charge in [0.2, 0.25) is 0 Å². The van der Waals surface area contributed by atoms with Crippen LogP contribution in [0.2, 0.25) is 0 Å². The molecule has 8 nitrogen and oxygen atoms in total. The van der Waals surface area contributed by atoms with Crippen LogP contribution >= 0.6 is 18.6 Å². The second kappa shape index (κ2) is 9.52. The van der Waals surface area contributed by atoms with Gasteiger partial charge < -0.3 is 0 Å². The van der Waals surface area contributed by atoms with E-state index in [1.165, 1.54) is 0 Å². The number of aromatic amines is 2. The maximum atomic E-state index is 6.63. The van der Waals surface area contributed by atoms with Crippen molar-refractivity contribution in [3.8, 4) is 45.6 Å². The Balaban J connectivity index is 1.52. The molecule has 43 heavy (non-hydrogen) atoms. The van der Waals surface area contributed by atoms with E-state index in [-0.39, 0.29) is 0 Å². The number of H-pyrrole nitrogens is 2. The summed E-state index contributed by atoms with van der Waals surface area (Å²) in [7, 11) is 13.3. The van der Waals surface area contributed by atoms with Gasteiger partial charge in [-0.25, -0.2) is 0 Å². The van der Waals surface area contributed by atoms with Crippen LogP contribution in [0, 0.1) is 0 Å². The Morgan fingerprint density at radius 1 is 0.419 bits per heavy atom. The molecule has 0 amide bonds. The molecular weight excluding hydrogens is 615 g/mol. The van der Waals surface area contributed by atoms with Crippen LogP contribution in [0.1, 0.15) is 0 Å². The fourth-order valence-corrected chi connectivity index (χ4v) is 8.18. The van der Waals surface area contributed by atoms with Gasteiger partial charge in [-0.3, -0.25) is 0 Å². The first-order chi connectivity index (χ1) is 21.1. The SMILES string of the molecule is [Cl][Ti]([Cl])[c]1cccc2c3nc4nc(nc5[nH]c(nc6nc(nc([nH]3)c12)-c1ccccc1-6)c1ccccc51)-c1ccccc1-4. The fraction of sp³-hybridized carbons (Fsp3) is 0. The number of nitrogens with zero attached hydrogens (tertiary/aromatic N) is 6. The number of benzene rings is 4. The summed E-state index contributed by atoms with van der Waals surface area (Å²) in [6.45, 7) is 0. The van der Waals surface area contributed by atoms with Gasteiger partial charge in [0, 0.05) is 0 Å². The van der Waals surface area contributed by atoms with E-state index in [9.17, 15) is 0 Å². The zero-order valence-electron chi connectivity index (χ0n) is 22.1. The van der Waals surface area contributed by atoms with E-state index in [0.717, 1.165) is 47.7 Å². The third kappa shape index (κ3) is 3.88. The summed E-state index contributed by atoms with van der Waals surface area (Å²) in [4.78, 5) is 36.9. The van der Waals surface area contributed by atoms with Crippen LogP contribution in [0.15, 0.2) is 91.0 Å². The van der Waals surface area contributed by atoms with E-state index in [1.807, 2.05) is 91.0 Å². The van der Waals surface area contributed by atoms with Crippen LogP contribution in [0.5, 0.6) is 0 Å². The fourth-order valence-electron chi connectivity index (χ4n) is 5.85. The number of fused-ring (bicyclic) bond motifs is 20. The molecule has 11 heteroatoms. The Morgan fingerprint density at radius 3 is 1.30 bits per heavy atom. The Morgan fingerprint density at radius 2 is 0.814 bits per heavy atom. The molecule has 7 aromatic rings. The minimum absolute atomic E-state index is 0.539. The summed E-state index contributed by atoms with van der Waals surface area (Å²) >= 11 is -2.58. The van der Waals surface area contributed by atoms with Crippen LogP contribution in [0.4, 0.5) is 0 Å². The van der Waals surface area contributed by atoms with Crippen LogP contribution in [-0.4, -0.2) is 39.9 Å². The molecule has 0 atom stereocenters. The van der Waals surface area contributed by atoms with Crippen LogP contribution in [-0.2, 0) is 15.7 Å². The predicted molar refractivity (Wildman–Crippen MR) is 167 cm³/mol. The Labute approximate surface area is 257 Å². The average molecular weight is 632 g/mol. The molecule has 0 aliphatic carbocycles. The number of hydrogen-bond donors (Lipinski definition) is 2. The van der Waals surface area contributed by atoms with Crippen molar-refractivity contribution >= 4 is 66.6 Å². The minimum atomic E-state index is -2.58. The molecule has 9 rings (SSSR count).